The van der Waals surface area contributed by atoms with Crippen molar-refractivity contribution >= 4 is 27.5 Å². The molecule has 7 nitrogen and oxygen atoms in total. The number of rotatable bonds is 11. The Hall–Kier alpha value is -3.72. The summed E-state index contributed by atoms with van der Waals surface area (Å²) in [7, 11) is -4.12. The number of nitrogens with zero attached hydrogens (tertiary/aromatic N) is 2. The molecule has 0 aliphatic heterocycles. The van der Waals surface area contributed by atoms with Gasteiger partial charge in [0.1, 0.15) is 18.4 Å². The third kappa shape index (κ3) is 6.98. The van der Waals surface area contributed by atoms with Crippen molar-refractivity contribution in [3.8, 4) is 0 Å². The van der Waals surface area contributed by atoms with E-state index in [-0.39, 0.29) is 17.3 Å². The lowest BCUT2D eigenvalue weighted by atomic mass is 10.1. The highest BCUT2D eigenvalue weighted by atomic mass is 32.2. The molecule has 9 heteroatoms. The molecule has 3 rings (SSSR count). The number of anilines is 1. The van der Waals surface area contributed by atoms with Crippen LogP contribution in [-0.4, -0.2) is 44.3 Å². The van der Waals surface area contributed by atoms with Gasteiger partial charge in [0.2, 0.25) is 11.8 Å². The Morgan fingerprint density at radius 2 is 1.58 bits per heavy atom. The van der Waals surface area contributed by atoms with Crippen molar-refractivity contribution in [2.24, 2.45) is 0 Å². The number of carbonyl (C=O) groups excluding carboxylic acids is 2. The highest BCUT2D eigenvalue weighted by Gasteiger charge is 2.33. The standard InChI is InChI=1S/C29H34FN3O4S/c1-5-18-31-29(35)23(4)32(19-24-12-14-25(30)15-13-24)28(34)20-33(27-9-7-6-8-22(27)3)38(36,37)26-16-10-21(2)11-17-26/h6-17,23H,5,18-20H2,1-4H3,(H,31,35)/t23-/m1/s1. The smallest absolute Gasteiger partial charge is 0.264 e. The topological polar surface area (TPSA) is 86.8 Å². The summed E-state index contributed by atoms with van der Waals surface area (Å²) in [6, 6.07) is 18.1. The van der Waals surface area contributed by atoms with Gasteiger partial charge in [0.25, 0.3) is 10.0 Å². The van der Waals surface area contributed by atoms with Gasteiger partial charge in [-0.15, -0.1) is 0 Å². The number of sulfonamides is 1. The van der Waals surface area contributed by atoms with Crippen LogP contribution in [0.25, 0.3) is 0 Å². The lowest BCUT2D eigenvalue weighted by Crippen LogP contribution is -2.51. The van der Waals surface area contributed by atoms with Crippen molar-refractivity contribution in [1.82, 2.24) is 10.2 Å². The maximum atomic E-state index is 13.8. The molecule has 3 aromatic carbocycles. The van der Waals surface area contributed by atoms with E-state index in [0.717, 1.165) is 16.3 Å². The number of aryl methyl sites for hydroxylation is 2. The van der Waals surface area contributed by atoms with E-state index in [1.165, 1.54) is 41.3 Å². The first kappa shape index (κ1) is 28.8. The number of hydrogen-bond donors (Lipinski definition) is 1. The molecule has 0 aromatic heterocycles. The largest absolute Gasteiger partial charge is 0.354 e. The summed E-state index contributed by atoms with van der Waals surface area (Å²) >= 11 is 0. The quantitative estimate of drug-likeness (QED) is 0.387. The molecule has 202 valence electrons. The predicted octanol–water partition coefficient (Wildman–Crippen LogP) is 4.58. The third-order valence-corrected chi connectivity index (χ3v) is 8.03. The SMILES string of the molecule is CCCNC(=O)[C@@H](C)N(Cc1ccc(F)cc1)C(=O)CN(c1ccccc1C)S(=O)(=O)c1ccc(C)cc1. The van der Waals surface area contributed by atoms with Crippen LogP contribution in [0.5, 0.6) is 0 Å². The minimum absolute atomic E-state index is 0.00597. The Bertz CT molecular complexity index is 1360. The molecule has 1 N–H and O–H groups in total. The van der Waals surface area contributed by atoms with Gasteiger partial charge in [0, 0.05) is 13.1 Å². The van der Waals surface area contributed by atoms with E-state index in [1.807, 2.05) is 13.8 Å². The number of carbonyl (C=O) groups is 2. The van der Waals surface area contributed by atoms with E-state index >= 15 is 0 Å². The van der Waals surface area contributed by atoms with Crippen LogP contribution in [0.2, 0.25) is 0 Å². The van der Waals surface area contributed by atoms with Crippen molar-refractivity contribution in [2.45, 2.75) is 51.6 Å². The van der Waals surface area contributed by atoms with Crippen molar-refractivity contribution < 1.29 is 22.4 Å². The van der Waals surface area contributed by atoms with E-state index < -0.39 is 34.3 Å². The summed E-state index contributed by atoms with van der Waals surface area (Å²) in [4.78, 5) is 28.1. The molecule has 0 saturated heterocycles. The first-order valence-electron chi connectivity index (χ1n) is 12.5. The normalized spacial score (nSPS) is 12.0. The molecule has 2 amide bonds. The summed E-state index contributed by atoms with van der Waals surface area (Å²) in [6.07, 6.45) is 0.722. The van der Waals surface area contributed by atoms with Crippen molar-refractivity contribution in [2.75, 3.05) is 17.4 Å². The van der Waals surface area contributed by atoms with E-state index in [0.29, 0.717) is 23.4 Å². The zero-order valence-electron chi connectivity index (χ0n) is 22.1. The van der Waals surface area contributed by atoms with Crippen LogP contribution in [0, 0.1) is 19.7 Å². The van der Waals surface area contributed by atoms with Crippen molar-refractivity contribution in [3.63, 3.8) is 0 Å². The van der Waals surface area contributed by atoms with Gasteiger partial charge >= 0.3 is 0 Å². The molecule has 0 bridgehead atoms. The number of nitrogens with one attached hydrogen (secondary N) is 1. The highest BCUT2D eigenvalue weighted by molar-refractivity contribution is 7.92. The van der Waals surface area contributed by atoms with Gasteiger partial charge in [-0.1, -0.05) is 55.0 Å². The zero-order valence-corrected chi connectivity index (χ0v) is 23.0. The number of hydrogen-bond acceptors (Lipinski definition) is 4. The fraction of sp³-hybridized carbons (Fsp3) is 0.310. The second-order valence-corrected chi connectivity index (χ2v) is 11.1. The first-order valence-corrected chi connectivity index (χ1v) is 13.9. The van der Waals surface area contributed by atoms with Crippen molar-refractivity contribution in [3.05, 3.63) is 95.3 Å². The second kappa shape index (κ2) is 12.7. The lowest BCUT2D eigenvalue weighted by Gasteiger charge is -2.32. The van der Waals surface area contributed by atoms with Gasteiger partial charge in [-0.05, 0) is 68.7 Å². The average Bonchev–Trinajstić information content (AvgIpc) is 2.90. The third-order valence-electron chi connectivity index (χ3n) is 6.25. The monoisotopic (exact) mass is 539 g/mol. The Morgan fingerprint density at radius 3 is 2.18 bits per heavy atom. The van der Waals surface area contributed by atoms with Crippen LogP contribution in [0.4, 0.5) is 10.1 Å². The van der Waals surface area contributed by atoms with Crippen LogP contribution in [-0.2, 0) is 26.2 Å². The van der Waals surface area contributed by atoms with Crippen LogP contribution < -0.4 is 9.62 Å². The van der Waals surface area contributed by atoms with Crippen LogP contribution in [0.1, 0.15) is 37.0 Å². The molecule has 0 radical (unpaired) electrons. The molecule has 0 saturated carbocycles. The highest BCUT2D eigenvalue weighted by Crippen LogP contribution is 2.27. The average molecular weight is 540 g/mol. The van der Waals surface area contributed by atoms with Gasteiger partial charge in [0.15, 0.2) is 0 Å². The molecular weight excluding hydrogens is 505 g/mol. The molecule has 3 aromatic rings. The van der Waals surface area contributed by atoms with E-state index in [4.69, 9.17) is 0 Å². The van der Waals surface area contributed by atoms with Crippen LogP contribution >= 0.6 is 0 Å². The maximum absolute atomic E-state index is 13.8. The summed E-state index contributed by atoms with van der Waals surface area (Å²) in [6.45, 7) is 7.08. The van der Waals surface area contributed by atoms with Gasteiger partial charge in [-0.25, -0.2) is 12.8 Å². The molecule has 0 spiro atoms. The Kier molecular flexibility index (Phi) is 9.63. The Morgan fingerprint density at radius 1 is 0.947 bits per heavy atom. The Balaban J connectivity index is 2.02. The summed E-state index contributed by atoms with van der Waals surface area (Å²) in [5.74, 6) is -1.34. The van der Waals surface area contributed by atoms with Crippen LogP contribution in [0.15, 0.2) is 77.7 Å². The predicted molar refractivity (Wildman–Crippen MR) is 147 cm³/mol. The molecule has 0 aliphatic carbocycles. The summed E-state index contributed by atoms with van der Waals surface area (Å²) < 4.78 is 42.3. The molecule has 0 heterocycles. The minimum atomic E-state index is -4.12. The first-order chi connectivity index (χ1) is 18.0. The maximum Gasteiger partial charge on any atom is 0.264 e. The second-order valence-electron chi connectivity index (χ2n) is 9.23. The zero-order chi connectivity index (χ0) is 27.9. The lowest BCUT2D eigenvalue weighted by molar-refractivity contribution is -0.139. The van der Waals surface area contributed by atoms with Crippen molar-refractivity contribution in [1.29, 1.82) is 0 Å². The Labute approximate surface area is 224 Å². The molecule has 38 heavy (non-hydrogen) atoms. The fourth-order valence-corrected chi connectivity index (χ4v) is 5.44. The number of para-hydroxylation sites is 1. The van der Waals surface area contributed by atoms with E-state index in [9.17, 15) is 22.4 Å². The van der Waals surface area contributed by atoms with E-state index in [2.05, 4.69) is 5.32 Å². The summed E-state index contributed by atoms with van der Waals surface area (Å²) in [5, 5.41) is 2.79. The molecule has 1 atom stereocenters. The molecule has 0 unspecified atom stereocenters. The molecular formula is C29H34FN3O4S. The van der Waals surface area contributed by atoms with Gasteiger partial charge in [0.05, 0.1) is 10.6 Å². The van der Waals surface area contributed by atoms with Gasteiger partial charge in [-0.3, -0.25) is 13.9 Å². The number of benzene rings is 3. The number of halogens is 1. The van der Waals surface area contributed by atoms with Crippen LogP contribution in [0.3, 0.4) is 0 Å². The number of amides is 2. The van der Waals surface area contributed by atoms with Gasteiger partial charge < -0.3 is 10.2 Å². The summed E-state index contributed by atoms with van der Waals surface area (Å²) in [5.41, 5.74) is 2.56. The molecule has 0 fully saturated rings. The minimum Gasteiger partial charge on any atom is -0.354 e. The van der Waals surface area contributed by atoms with Gasteiger partial charge in [-0.2, -0.15) is 0 Å². The molecule has 0 aliphatic rings. The fourth-order valence-electron chi connectivity index (χ4n) is 3.96. The van der Waals surface area contributed by atoms with E-state index in [1.54, 1.807) is 50.2 Å².